The summed E-state index contributed by atoms with van der Waals surface area (Å²) in [6.07, 6.45) is 2.59. The smallest absolute Gasteiger partial charge is 0.266 e. The van der Waals surface area contributed by atoms with Crippen molar-refractivity contribution in [2.75, 3.05) is 12.0 Å². The first-order valence-corrected chi connectivity index (χ1v) is 11.8. The third kappa shape index (κ3) is 3.77. The summed E-state index contributed by atoms with van der Waals surface area (Å²) in [7, 11) is 1.62. The van der Waals surface area contributed by atoms with Gasteiger partial charge in [-0.15, -0.1) is 0 Å². The van der Waals surface area contributed by atoms with Gasteiger partial charge in [0.05, 0.1) is 24.9 Å². The molecule has 0 radical (unpaired) electrons. The van der Waals surface area contributed by atoms with Crippen LogP contribution in [0.2, 0.25) is 0 Å². The fourth-order valence-electron chi connectivity index (χ4n) is 5.28. The third-order valence-corrected chi connectivity index (χ3v) is 6.98. The molecule has 0 saturated carbocycles. The summed E-state index contributed by atoms with van der Waals surface area (Å²) >= 11 is 0. The Morgan fingerprint density at radius 2 is 1.78 bits per heavy atom. The molecule has 3 aliphatic heterocycles. The van der Waals surface area contributed by atoms with E-state index >= 15 is 0 Å². The van der Waals surface area contributed by atoms with Crippen LogP contribution in [-0.4, -0.2) is 47.1 Å². The van der Waals surface area contributed by atoms with Gasteiger partial charge in [-0.3, -0.25) is 19.4 Å². The number of rotatable bonds is 7. The van der Waals surface area contributed by atoms with Crippen molar-refractivity contribution < 1.29 is 28.7 Å². The van der Waals surface area contributed by atoms with Crippen LogP contribution in [0.1, 0.15) is 17.5 Å². The molecule has 3 aromatic rings. The Balaban J connectivity index is 1.28. The lowest BCUT2D eigenvalue weighted by molar-refractivity contribution is -0.392. The quantitative estimate of drug-likeness (QED) is 0.470. The highest BCUT2D eigenvalue weighted by molar-refractivity contribution is 6.23. The van der Waals surface area contributed by atoms with Crippen molar-refractivity contribution in [3.63, 3.8) is 0 Å². The Kier molecular flexibility index (Phi) is 5.77. The molecule has 2 amide bonds. The number of ether oxygens (including phenoxy) is 2. The number of amides is 2. The number of benzene rings is 2. The van der Waals surface area contributed by atoms with E-state index in [2.05, 4.69) is 4.98 Å². The molecule has 1 aromatic heterocycles. The molecule has 3 saturated heterocycles. The molecule has 9 heteroatoms. The van der Waals surface area contributed by atoms with Gasteiger partial charge in [0, 0.05) is 18.8 Å². The Labute approximate surface area is 208 Å². The van der Waals surface area contributed by atoms with E-state index in [9.17, 15) is 9.59 Å². The van der Waals surface area contributed by atoms with E-state index in [0.717, 1.165) is 16.9 Å². The molecule has 184 valence electrons. The van der Waals surface area contributed by atoms with Crippen molar-refractivity contribution in [3.05, 3.63) is 90.3 Å². The lowest BCUT2D eigenvalue weighted by Crippen LogP contribution is -2.49. The fourth-order valence-corrected chi connectivity index (χ4v) is 5.28. The van der Waals surface area contributed by atoms with Crippen LogP contribution in [0, 0.1) is 5.92 Å². The first-order valence-electron chi connectivity index (χ1n) is 11.8. The van der Waals surface area contributed by atoms with Crippen LogP contribution in [0.3, 0.4) is 0 Å². The van der Waals surface area contributed by atoms with Gasteiger partial charge < -0.3 is 9.47 Å². The van der Waals surface area contributed by atoms with E-state index in [1.165, 1.54) is 10.1 Å². The number of nitrogens with zero attached hydrogens (tertiary/aromatic N) is 3. The molecule has 6 rings (SSSR count). The monoisotopic (exact) mass is 487 g/mol. The largest absolute Gasteiger partial charge is 0.497 e. The summed E-state index contributed by atoms with van der Waals surface area (Å²) < 4.78 is 11.3. The zero-order chi connectivity index (χ0) is 24.7. The van der Waals surface area contributed by atoms with Crippen molar-refractivity contribution in [1.82, 2.24) is 10.2 Å². The molecule has 3 fully saturated rings. The zero-order valence-electron chi connectivity index (χ0n) is 19.7. The molecule has 2 aromatic carbocycles. The number of anilines is 1. The van der Waals surface area contributed by atoms with Crippen LogP contribution in [-0.2, 0) is 37.0 Å². The lowest BCUT2D eigenvalue weighted by atomic mass is 9.76. The molecule has 0 N–H and O–H groups in total. The minimum absolute atomic E-state index is 0.304. The first-order chi connectivity index (χ1) is 17.6. The number of pyridine rings is 1. The highest BCUT2D eigenvalue weighted by Gasteiger charge is 2.70. The standard InChI is InChI=1S/C27H25N3O6/c1-33-21-11-9-18(10-12-21)17-34-22-15-27(14-19-6-5-13-28-16-19)23-24(36-30(27)35-22)26(32)29(25(23)31)20-7-3-2-4-8-20/h2-13,16,22-24H,14-15,17H2,1H3. The highest BCUT2D eigenvalue weighted by Crippen LogP contribution is 2.52. The van der Waals surface area contributed by atoms with E-state index in [0.29, 0.717) is 25.1 Å². The summed E-state index contributed by atoms with van der Waals surface area (Å²) in [6.45, 7) is 0.308. The van der Waals surface area contributed by atoms with Crippen molar-refractivity contribution in [2.45, 2.75) is 37.4 Å². The Bertz CT molecular complexity index is 1260. The number of imide groups is 1. The van der Waals surface area contributed by atoms with Crippen LogP contribution in [0.4, 0.5) is 5.69 Å². The van der Waals surface area contributed by atoms with Gasteiger partial charge in [0.15, 0.2) is 12.4 Å². The topological polar surface area (TPSA) is 90.4 Å². The van der Waals surface area contributed by atoms with Gasteiger partial charge in [-0.25, -0.2) is 9.74 Å². The fraction of sp³-hybridized carbons (Fsp3) is 0.296. The molecule has 0 bridgehead atoms. The van der Waals surface area contributed by atoms with Gasteiger partial charge in [0.1, 0.15) is 11.7 Å². The van der Waals surface area contributed by atoms with E-state index < -0.39 is 29.8 Å². The SMILES string of the molecule is COc1ccc(COC2CC3(Cc4cccnc4)C4C(=O)N(c5ccccc5)C(=O)C4ON3O2)cc1. The number of para-hydroxylation sites is 1. The van der Waals surface area contributed by atoms with Gasteiger partial charge >= 0.3 is 0 Å². The van der Waals surface area contributed by atoms with Gasteiger partial charge in [-0.2, -0.15) is 0 Å². The van der Waals surface area contributed by atoms with Crippen LogP contribution in [0.5, 0.6) is 5.75 Å². The number of hydrogen-bond donors (Lipinski definition) is 0. The second-order valence-corrected chi connectivity index (χ2v) is 9.15. The normalized spacial score (nSPS) is 27.4. The molecule has 4 unspecified atom stereocenters. The lowest BCUT2D eigenvalue weighted by Gasteiger charge is -2.31. The van der Waals surface area contributed by atoms with Crippen LogP contribution in [0.25, 0.3) is 0 Å². The number of carbonyl (C=O) groups excluding carboxylic acids is 2. The van der Waals surface area contributed by atoms with Gasteiger partial charge in [-0.05, 0) is 47.9 Å². The predicted octanol–water partition coefficient (Wildman–Crippen LogP) is 3.06. The number of fused-ring (bicyclic) bond motifs is 3. The van der Waals surface area contributed by atoms with Gasteiger partial charge in [-0.1, -0.05) is 41.6 Å². The average molecular weight is 488 g/mol. The molecule has 9 nitrogen and oxygen atoms in total. The third-order valence-electron chi connectivity index (χ3n) is 6.98. The average Bonchev–Trinajstić information content (AvgIpc) is 3.49. The van der Waals surface area contributed by atoms with E-state index in [1.54, 1.807) is 43.8 Å². The Hall–Kier alpha value is -3.63. The van der Waals surface area contributed by atoms with Crippen LogP contribution < -0.4 is 9.64 Å². The minimum Gasteiger partial charge on any atom is -0.497 e. The Morgan fingerprint density at radius 1 is 0.972 bits per heavy atom. The van der Waals surface area contributed by atoms with E-state index in [-0.39, 0.29) is 5.91 Å². The summed E-state index contributed by atoms with van der Waals surface area (Å²) in [6, 6.07) is 20.3. The minimum atomic E-state index is -0.961. The zero-order valence-corrected chi connectivity index (χ0v) is 19.7. The number of methoxy groups -OCH3 is 1. The predicted molar refractivity (Wildman–Crippen MR) is 127 cm³/mol. The Morgan fingerprint density at radius 3 is 2.50 bits per heavy atom. The van der Waals surface area contributed by atoms with E-state index in [4.69, 9.17) is 19.1 Å². The van der Waals surface area contributed by atoms with Crippen molar-refractivity contribution >= 4 is 17.5 Å². The molecule has 36 heavy (non-hydrogen) atoms. The van der Waals surface area contributed by atoms with Gasteiger partial charge in [0.2, 0.25) is 5.91 Å². The number of carbonyl (C=O) groups is 2. The molecule has 4 heterocycles. The van der Waals surface area contributed by atoms with Gasteiger partial charge in [0.25, 0.3) is 5.91 Å². The maximum absolute atomic E-state index is 13.8. The van der Waals surface area contributed by atoms with E-state index in [1.807, 2.05) is 42.5 Å². The summed E-state index contributed by atoms with van der Waals surface area (Å²) in [5.41, 5.74) is 1.47. The number of hydroxylamine groups is 2. The summed E-state index contributed by atoms with van der Waals surface area (Å²) in [5.74, 6) is -0.684. The van der Waals surface area contributed by atoms with Crippen molar-refractivity contribution in [2.24, 2.45) is 5.92 Å². The highest BCUT2D eigenvalue weighted by atomic mass is 17.0. The molecular weight excluding hydrogens is 462 g/mol. The second kappa shape index (κ2) is 9.11. The maximum Gasteiger partial charge on any atom is 0.266 e. The van der Waals surface area contributed by atoms with Crippen LogP contribution >= 0.6 is 0 Å². The summed E-state index contributed by atoms with van der Waals surface area (Å²) in [5, 5.41) is 1.34. The summed E-state index contributed by atoms with van der Waals surface area (Å²) in [4.78, 5) is 44.6. The van der Waals surface area contributed by atoms with Crippen molar-refractivity contribution in [1.29, 1.82) is 0 Å². The van der Waals surface area contributed by atoms with Crippen molar-refractivity contribution in [3.8, 4) is 5.75 Å². The number of aromatic nitrogens is 1. The molecule has 0 aliphatic carbocycles. The van der Waals surface area contributed by atoms with Crippen LogP contribution in [0.15, 0.2) is 79.1 Å². The molecule has 3 aliphatic rings. The second-order valence-electron chi connectivity index (χ2n) is 9.15. The first kappa shape index (κ1) is 22.8. The molecule has 0 spiro atoms. The maximum atomic E-state index is 13.8. The number of hydrogen-bond acceptors (Lipinski definition) is 8. The molecular formula is C27H25N3O6. The molecule has 4 atom stereocenters.